The van der Waals surface area contributed by atoms with Gasteiger partial charge in [-0.2, -0.15) is 16.8 Å². The first kappa shape index (κ1) is 24.3. The monoisotopic (exact) mass is 381 g/mol. The Morgan fingerprint density at radius 1 is 0.773 bits per heavy atom. The van der Waals surface area contributed by atoms with Gasteiger partial charge in [-0.1, -0.05) is 26.7 Å². The van der Waals surface area contributed by atoms with E-state index in [1.165, 1.54) is 0 Å². The minimum Gasteiger partial charge on any atom is -0.312 e. The highest BCUT2D eigenvalue weighted by Crippen LogP contribution is 1.99. The summed E-state index contributed by atoms with van der Waals surface area (Å²) >= 11 is 0. The molecule has 10 heteroatoms. The molecule has 0 saturated carbocycles. The van der Waals surface area contributed by atoms with Crippen molar-refractivity contribution in [2.75, 3.05) is 37.8 Å². The summed E-state index contributed by atoms with van der Waals surface area (Å²) in [5.74, 6) is 0.0601. The third kappa shape index (κ3) is 15.0. The first-order valence-corrected chi connectivity index (χ1v) is 10.4. The van der Waals surface area contributed by atoms with E-state index in [2.05, 4.69) is 5.32 Å². The normalized spacial score (nSPS) is 12.1. The second-order valence-corrected chi connectivity index (χ2v) is 8.14. The Morgan fingerprint density at radius 2 is 1.14 bits per heavy atom. The standard InChI is InChI=1S/C12H27NO6S2.ClH/c1-3-5-11-20(14,15)18-9-7-13-8-10-19-21(16,17)12-6-4-2;/h13H,3-12H2,1-2H3;1H. The van der Waals surface area contributed by atoms with Crippen LogP contribution >= 0.6 is 12.4 Å². The van der Waals surface area contributed by atoms with Crippen LogP contribution in [0, 0.1) is 0 Å². The summed E-state index contributed by atoms with van der Waals surface area (Å²) in [5, 5.41) is 2.86. The predicted octanol–water partition coefficient (Wildman–Crippen LogP) is 1.29. The Balaban J connectivity index is 0. The molecule has 0 aliphatic heterocycles. The van der Waals surface area contributed by atoms with Gasteiger partial charge < -0.3 is 5.32 Å². The van der Waals surface area contributed by atoms with Gasteiger partial charge in [0.15, 0.2) is 0 Å². The third-order valence-electron chi connectivity index (χ3n) is 2.58. The molecule has 0 aromatic heterocycles. The van der Waals surface area contributed by atoms with Crippen molar-refractivity contribution in [3.05, 3.63) is 0 Å². The van der Waals surface area contributed by atoms with Crippen molar-refractivity contribution in [3.63, 3.8) is 0 Å². The molecule has 0 bridgehead atoms. The summed E-state index contributed by atoms with van der Waals surface area (Å²) in [4.78, 5) is 0. The van der Waals surface area contributed by atoms with Gasteiger partial charge in [-0.15, -0.1) is 12.4 Å². The molecule has 0 aromatic rings. The second kappa shape index (κ2) is 13.5. The minimum atomic E-state index is -3.44. The Bertz CT molecular complexity index is 410. The Morgan fingerprint density at radius 3 is 1.45 bits per heavy atom. The number of halogens is 1. The number of hydrogen-bond donors (Lipinski definition) is 1. The molecule has 22 heavy (non-hydrogen) atoms. The summed E-state index contributed by atoms with van der Waals surface area (Å²) < 4.78 is 55.0. The van der Waals surface area contributed by atoms with Gasteiger partial charge >= 0.3 is 0 Å². The van der Waals surface area contributed by atoms with E-state index in [0.717, 1.165) is 12.8 Å². The molecule has 0 saturated heterocycles. The lowest BCUT2D eigenvalue weighted by Gasteiger charge is -2.07. The van der Waals surface area contributed by atoms with Crippen molar-refractivity contribution in [1.29, 1.82) is 0 Å². The number of rotatable bonds is 14. The van der Waals surface area contributed by atoms with Crippen molar-refractivity contribution >= 4 is 32.6 Å². The van der Waals surface area contributed by atoms with E-state index >= 15 is 0 Å². The summed E-state index contributed by atoms with van der Waals surface area (Å²) in [5.41, 5.74) is 0. The van der Waals surface area contributed by atoms with E-state index in [9.17, 15) is 16.8 Å². The first-order chi connectivity index (χ1) is 9.83. The molecular formula is C12H28ClNO6S2. The minimum absolute atomic E-state index is 0. The highest BCUT2D eigenvalue weighted by atomic mass is 35.5. The molecule has 0 heterocycles. The van der Waals surface area contributed by atoms with Crippen LogP contribution in [-0.2, 0) is 28.6 Å². The van der Waals surface area contributed by atoms with Crippen LogP contribution in [0.3, 0.4) is 0 Å². The fourth-order valence-electron chi connectivity index (χ4n) is 1.37. The Hall–Kier alpha value is 0.0700. The van der Waals surface area contributed by atoms with Crippen LogP contribution in [0.4, 0.5) is 0 Å². The van der Waals surface area contributed by atoms with Gasteiger partial charge in [0.1, 0.15) is 0 Å². The molecule has 0 atom stereocenters. The number of nitrogens with one attached hydrogen (secondary N) is 1. The maximum absolute atomic E-state index is 11.4. The zero-order valence-corrected chi connectivity index (χ0v) is 15.7. The van der Waals surface area contributed by atoms with Gasteiger partial charge in [0.25, 0.3) is 20.2 Å². The molecule has 0 aromatic carbocycles. The van der Waals surface area contributed by atoms with Gasteiger partial charge in [0.2, 0.25) is 0 Å². The van der Waals surface area contributed by atoms with Gasteiger partial charge in [0.05, 0.1) is 24.7 Å². The van der Waals surface area contributed by atoms with Crippen molar-refractivity contribution in [1.82, 2.24) is 5.32 Å². The van der Waals surface area contributed by atoms with E-state index in [0.29, 0.717) is 25.9 Å². The summed E-state index contributed by atoms with van der Waals surface area (Å²) in [6, 6.07) is 0. The van der Waals surface area contributed by atoms with Crippen molar-refractivity contribution < 1.29 is 25.2 Å². The molecule has 0 rings (SSSR count). The lowest BCUT2D eigenvalue weighted by molar-refractivity contribution is 0.292. The SMILES string of the molecule is CCCCS(=O)(=O)OCCNCCOS(=O)(=O)CCCC.Cl. The molecule has 0 fully saturated rings. The number of unbranched alkanes of at least 4 members (excludes halogenated alkanes) is 2. The van der Waals surface area contributed by atoms with Crippen LogP contribution in [0.1, 0.15) is 39.5 Å². The van der Waals surface area contributed by atoms with E-state index in [1.807, 2.05) is 13.8 Å². The van der Waals surface area contributed by atoms with Crippen LogP contribution in [0.25, 0.3) is 0 Å². The van der Waals surface area contributed by atoms with E-state index < -0.39 is 20.2 Å². The molecule has 136 valence electrons. The van der Waals surface area contributed by atoms with Gasteiger partial charge in [-0.05, 0) is 12.8 Å². The van der Waals surface area contributed by atoms with E-state index in [-0.39, 0.29) is 37.1 Å². The third-order valence-corrected chi connectivity index (χ3v) is 5.21. The fourth-order valence-corrected chi connectivity index (χ4v) is 3.56. The molecule has 0 radical (unpaired) electrons. The van der Waals surface area contributed by atoms with Gasteiger partial charge in [-0.3, -0.25) is 8.37 Å². The molecular weight excluding hydrogens is 354 g/mol. The largest absolute Gasteiger partial charge is 0.312 e. The van der Waals surface area contributed by atoms with Crippen molar-refractivity contribution in [2.24, 2.45) is 0 Å². The average Bonchev–Trinajstić information content (AvgIpc) is 2.42. The fraction of sp³-hybridized carbons (Fsp3) is 1.00. The maximum atomic E-state index is 11.4. The van der Waals surface area contributed by atoms with Crippen LogP contribution in [0.5, 0.6) is 0 Å². The smallest absolute Gasteiger partial charge is 0.267 e. The molecule has 0 spiro atoms. The van der Waals surface area contributed by atoms with Crippen LogP contribution in [0.15, 0.2) is 0 Å². The summed E-state index contributed by atoms with van der Waals surface area (Å²) in [6.07, 6.45) is 2.76. The van der Waals surface area contributed by atoms with Crippen molar-refractivity contribution in [2.45, 2.75) is 39.5 Å². The molecule has 0 aliphatic carbocycles. The van der Waals surface area contributed by atoms with E-state index in [1.54, 1.807) is 0 Å². The van der Waals surface area contributed by atoms with E-state index in [4.69, 9.17) is 8.37 Å². The van der Waals surface area contributed by atoms with Gasteiger partial charge in [-0.25, -0.2) is 0 Å². The molecule has 1 N–H and O–H groups in total. The zero-order valence-electron chi connectivity index (χ0n) is 13.2. The van der Waals surface area contributed by atoms with Gasteiger partial charge in [0, 0.05) is 13.1 Å². The lowest BCUT2D eigenvalue weighted by atomic mass is 10.4. The topological polar surface area (TPSA) is 98.8 Å². The van der Waals surface area contributed by atoms with Crippen LogP contribution in [-0.4, -0.2) is 54.6 Å². The second-order valence-electron chi connectivity index (χ2n) is 4.62. The summed E-state index contributed by atoms with van der Waals surface area (Å²) in [7, 11) is -6.87. The zero-order chi connectivity index (χ0) is 16.2. The molecule has 0 unspecified atom stereocenters. The Kier molecular flexibility index (Phi) is 14.9. The van der Waals surface area contributed by atoms with Crippen molar-refractivity contribution in [3.8, 4) is 0 Å². The lowest BCUT2D eigenvalue weighted by Crippen LogP contribution is -2.27. The van der Waals surface area contributed by atoms with Crippen LogP contribution in [0.2, 0.25) is 0 Å². The summed E-state index contributed by atoms with van der Waals surface area (Å²) in [6.45, 7) is 4.54. The quantitative estimate of drug-likeness (QED) is 0.357. The highest BCUT2D eigenvalue weighted by molar-refractivity contribution is 7.86. The first-order valence-electron chi connectivity index (χ1n) is 7.28. The molecule has 0 amide bonds. The molecule has 0 aliphatic rings. The highest BCUT2D eigenvalue weighted by Gasteiger charge is 2.10. The van der Waals surface area contributed by atoms with Crippen LogP contribution < -0.4 is 5.32 Å². The number of hydrogen-bond acceptors (Lipinski definition) is 7. The predicted molar refractivity (Wildman–Crippen MR) is 89.4 cm³/mol. The Labute approximate surface area is 140 Å². The average molecular weight is 382 g/mol. The maximum Gasteiger partial charge on any atom is 0.267 e. The molecule has 7 nitrogen and oxygen atoms in total.